The first-order chi connectivity index (χ1) is 9.12. The zero-order valence-corrected chi connectivity index (χ0v) is 12.0. The number of hydrogen-bond acceptors (Lipinski definition) is 4. The number of carbonyl (C=O) groups excluding carboxylic acids is 1. The van der Waals surface area contributed by atoms with Crippen LogP contribution < -0.4 is 20.1 Å². The Morgan fingerprint density at radius 2 is 1.84 bits per heavy atom. The summed E-state index contributed by atoms with van der Waals surface area (Å²) in [5, 5.41) is 5.66. The van der Waals surface area contributed by atoms with Crippen molar-refractivity contribution in [3.8, 4) is 11.5 Å². The van der Waals surface area contributed by atoms with E-state index in [-0.39, 0.29) is 5.91 Å². The van der Waals surface area contributed by atoms with Gasteiger partial charge < -0.3 is 20.1 Å². The molecule has 1 aromatic rings. The number of nitrogens with one attached hydrogen (secondary N) is 2. The van der Waals surface area contributed by atoms with Gasteiger partial charge in [-0.2, -0.15) is 0 Å². The van der Waals surface area contributed by atoms with Crippen LogP contribution in [-0.4, -0.2) is 40.3 Å². The molecule has 1 amide bonds. The zero-order valence-electron chi connectivity index (χ0n) is 12.0. The van der Waals surface area contributed by atoms with Gasteiger partial charge in [0, 0.05) is 6.54 Å². The molecule has 1 rings (SSSR count). The SMILES string of the molecule is CNCC(=O)NCCc1cc(OC)c(OC)cc1C. The number of carbonyl (C=O) groups is 1. The molecule has 0 fully saturated rings. The highest BCUT2D eigenvalue weighted by Gasteiger charge is 2.08. The maximum atomic E-state index is 11.3. The summed E-state index contributed by atoms with van der Waals surface area (Å²) in [6, 6.07) is 3.90. The molecule has 0 radical (unpaired) electrons. The van der Waals surface area contributed by atoms with E-state index < -0.39 is 0 Å². The second kappa shape index (κ2) is 7.63. The topological polar surface area (TPSA) is 59.6 Å². The van der Waals surface area contributed by atoms with Crippen LogP contribution in [-0.2, 0) is 11.2 Å². The Hall–Kier alpha value is -1.75. The van der Waals surface area contributed by atoms with Crippen molar-refractivity contribution in [2.45, 2.75) is 13.3 Å². The van der Waals surface area contributed by atoms with E-state index in [2.05, 4.69) is 10.6 Å². The lowest BCUT2D eigenvalue weighted by molar-refractivity contribution is -0.120. The lowest BCUT2D eigenvalue weighted by atomic mass is 10.0. The van der Waals surface area contributed by atoms with Gasteiger partial charge in [0.15, 0.2) is 11.5 Å². The van der Waals surface area contributed by atoms with Crippen LogP contribution in [0, 0.1) is 6.92 Å². The molecule has 1 aromatic carbocycles. The third-order valence-corrected chi connectivity index (χ3v) is 2.90. The van der Waals surface area contributed by atoms with Crippen molar-refractivity contribution in [1.82, 2.24) is 10.6 Å². The molecular formula is C14H22N2O3. The summed E-state index contributed by atoms with van der Waals surface area (Å²) in [5.41, 5.74) is 2.27. The summed E-state index contributed by atoms with van der Waals surface area (Å²) in [7, 11) is 4.98. The van der Waals surface area contributed by atoms with Gasteiger partial charge in [-0.25, -0.2) is 0 Å². The monoisotopic (exact) mass is 266 g/mol. The molecule has 0 aliphatic carbocycles. The van der Waals surface area contributed by atoms with Gasteiger partial charge in [-0.15, -0.1) is 0 Å². The van der Waals surface area contributed by atoms with Crippen molar-refractivity contribution in [2.75, 3.05) is 34.4 Å². The first-order valence-corrected chi connectivity index (χ1v) is 6.25. The highest BCUT2D eigenvalue weighted by Crippen LogP contribution is 2.30. The van der Waals surface area contributed by atoms with E-state index in [4.69, 9.17) is 9.47 Å². The standard InChI is InChI=1S/C14H22N2O3/c1-10-7-12(18-3)13(19-4)8-11(10)5-6-16-14(17)9-15-2/h7-8,15H,5-6,9H2,1-4H3,(H,16,17). The molecule has 2 N–H and O–H groups in total. The summed E-state index contributed by atoms with van der Waals surface area (Å²) in [6.45, 7) is 2.97. The van der Waals surface area contributed by atoms with Crippen molar-refractivity contribution >= 4 is 5.91 Å². The van der Waals surface area contributed by atoms with Gasteiger partial charge in [-0.1, -0.05) is 0 Å². The summed E-state index contributed by atoms with van der Waals surface area (Å²) >= 11 is 0. The predicted octanol–water partition coefficient (Wildman–Crippen LogP) is 0.890. The number of hydrogen-bond donors (Lipinski definition) is 2. The lowest BCUT2D eigenvalue weighted by Gasteiger charge is -2.13. The Morgan fingerprint density at radius 3 is 2.42 bits per heavy atom. The van der Waals surface area contributed by atoms with E-state index in [1.54, 1.807) is 21.3 Å². The number of likely N-dealkylation sites (N-methyl/N-ethyl adjacent to an activating group) is 1. The van der Waals surface area contributed by atoms with Crippen LogP contribution in [0.5, 0.6) is 11.5 Å². The minimum atomic E-state index is 0.000583. The number of aryl methyl sites for hydroxylation is 1. The van der Waals surface area contributed by atoms with Crippen LogP contribution in [0.2, 0.25) is 0 Å². The molecule has 0 saturated heterocycles. The maximum absolute atomic E-state index is 11.3. The Kier molecular flexibility index (Phi) is 6.15. The number of amides is 1. The summed E-state index contributed by atoms with van der Waals surface area (Å²) in [5.74, 6) is 1.44. The van der Waals surface area contributed by atoms with Crippen molar-refractivity contribution in [3.05, 3.63) is 23.3 Å². The average molecular weight is 266 g/mol. The van der Waals surface area contributed by atoms with Crippen LogP contribution in [0.25, 0.3) is 0 Å². The Balaban J connectivity index is 2.65. The molecule has 5 nitrogen and oxygen atoms in total. The Bertz CT molecular complexity index is 433. The largest absolute Gasteiger partial charge is 0.493 e. The molecule has 5 heteroatoms. The minimum Gasteiger partial charge on any atom is -0.493 e. The molecule has 19 heavy (non-hydrogen) atoms. The molecule has 0 aliphatic heterocycles. The van der Waals surface area contributed by atoms with Gasteiger partial charge in [0.25, 0.3) is 0 Å². The Morgan fingerprint density at radius 1 is 1.21 bits per heavy atom. The van der Waals surface area contributed by atoms with E-state index >= 15 is 0 Å². The second-order valence-corrected chi connectivity index (χ2v) is 4.26. The average Bonchev–Trinajstić information content (AvgIpc) is 2.40. The van der Waals surface area contributed by atoms with Crippen molar-refractivity contribution in [3.63, 3.8) is 0 Å². The number of ether oxygens (including phenoxy) is 2. The van der Waals surface area contributed by atoms with Gasteiger partial charge in [-0.05, 0) is 43.7 Å². The molecule has 0 unspecified atom stereocenters. The van der Waals surface area contributed by atoms with E-state index in [0.717, 1.165) is 23.3 Å². The number of benzene rings is 1. The fourth-order valence-electron chi connectivity index (χ4n) is 1.85. The van der Waals surface area contributed by atoms with E-state index in [0.29, 0.717) is 18.8 Å². The van der Waals surface area contributed by atoms with Gasteiger partial charge in [0.1, 0.15) is 0 Å². The molecule has 0 spiro atoms. The molecule has 0 bridgehead atoms. The zero-order chi connectivity index (χ0) is 14.3. The molecule has 0 aliphatic rings. The van der Waals surface area contributed by atoms with Crippen molar-refractivity contribution in [1.29, 1.82) is 0 Å². The minimum absolute atomic E-state index is 0.000583. The summed E-state index contributed by atoms with van der Waals surface area (Å²) < 4.78 is 10.5. The maximum Gasteiger partial charge on any atom is 0.233 e. The van der Waals surface area contributed by atoms with Gasteiger partial charge in [-0.3, -0.25) is 4.79 Å². The van der Waals surface area contributed by atoms with Gasteiger partial charge >= 0.3 is 0 Å². The van der Waals surface area contributed by atoms with Crippen LogP contribution in [0.1, 0.15) is 11.1 Å². The van der Waals surface area contributed by atoms with Crippen molar-refractivity contribution < 1.29 is 14.3 Å². The molecule has 0 aromatic heterocycles. The molecule has 0 heterocycles. The second-order valence-electron chi connectivity index (χ2n) is 4.26. The van der Waals surface area contributed by atoms with Crippen LogP contribution >= 0.6 is 0 Å². The molecular weight excluding hydrogens is 244 g/mol. The predicted molar refractivity (Wildman–Crippen MR) is 74.9 cm³/mol. The van der Waals surface area contributed by atoms with Crippen LogP contribution in [0.4, 0.5) is 0 Å². The third-order valence-electron chi connectivity index (χ3n) is 2.90. The fraction of sp³-hybridized carbons (Fsp3) is 0.500. The molecule has 0 saturated carbocycles. The lowest BCUT2D eigenvalue weighted by Crippen LogP contribution is -2.33. The first-order valence-electron chi connectivity index (χ1n) is 6.25. The normalized spacial score (nSPS) is 10.1. The number of rotatable bonds is 7. The van der Waals surface area contributed by atoms with Crippen LogP contribution in [0.15, 0.2) is 12.1 Å². The van der Waals surface area contributed by atoms with Crippen molar-refractivity contribution in [2.24, 2.45) is 0 Å². The molecule has 0 atom stereocenters. The Labute approximate surface area is 114 Å². The molecule has 106 valence electrons. The van der Waals surface area contributed by atoms with Gasteiger partial charge in [0.2, 0.25) is 5.91 Å². The van der Waals surface area contributed by atoms with E-state index in [1.807, 2.05) is 19.1 Å². The highest BCUT2D eigenvalue weighted by atomic mass is 16.5. The van der Waals surface area contributed by atoms with Gasteiger partial charge in [0.05, 0.1) is 20.8 Å². The van der Waals surface area contributed by atoms with E-state index in [9.17, 15) is 4.79 Å². The first kappa shape index (κ1) is 15.3. The van der Waals surface area contributed by atoms with E-state index in [1.165, 1.54) is 0 Å². The fourth-order valence-corrected chi connectivity index (χ4v) is 1.85. The van der Waals surface area contributed by atoms with Crippen LogP contribution in [0.3, 0.4) is 0 Å². The smallest absolute Gasteiger partial charge is 0.233 e. The number of methoxy groups -OCH3 is 2. The third kappa shape index (κ3) is 4.44. The summed E-state index contributed by atoms with van der Waals surface area (Å²) in [4.78, 5) is 11.3. The quantitative estimate of drug-likeness (QED) is 0.769. The highest BCUT2D eigenvalue weighted by molar-refractivity contribution is 5.77. The summed E-state index contributed by atoms with van der Waals surface area (Å²) in [6.07, 6.45) is 0.766.